The number of ether oxygens (including phenoxy) is 4. The number of rotatable bonds is 9. The van der Waals surface area contributed by atoms with Gasteiger partial charge in [-0.25, -0.2) is 14.0 Å². The van der Waals surface area contributed by atoms with Gasteiger partial charge in [-0.2, -0.15) is 0 Å². The smallest absolute Gasteiger partial charge is 0.338 e. The van der Waals surface area contributed by atoms with E-state index in [0.717, 1.165) is 6.07 Å². The summed E-state index contributed by atoms with van der Waals surface area (Å²) < 4.78 is 35.9. The summed E-state index contributed by atoms with van der Waals surface area (Å²) in [4.78, 5) is 23.8. The second-order valence-corrected chi connectivity index (χ2v) is 6.97. The van der Waals surface area contributed by atoms with Gasteiger partial charge < -0.3 is 18.9 Å². The van der Waals surface area contributed by atoms with E-state index in [9.17, 15) is 14.0 Å². The molecule has 0 spiro atoms. The summed E-state index contributed by atoms with van der Waals surface area (Å²) >= 11 is 0. The van der Waals surface area contributed by atoms with E-state index in [1.165, 1.54) is 33.3 Å². The third-order valence-electron chi connectivity index (χ3n) is 4.20. The van der Waals surface area contributed by atoms with Gasteiger partial charge in [0, 0.05) is 48.1 Å². The summed E-state index contributed by atoms with van der Waals surface area (Å²) in [7, 11) is 3.00. The van der Waals surface area contributed by atoms with E-state index in [2.05, 4.69) is 13.2 Å². The van der Waals surface area contributed by atoms with Crippen molar-refractivity contribution in [3.63, 3.8) is 0 Å². The summed E-state index contributed by atoms with van der Waals surface area (Å²) in [6.45, 7) is 10.4. The number of halogens is 1. The lowest BCUT2D eigenvalue weighted by atomic mass is 9.98. The molecule has 0 amide bonds. The Bertz CT molecular complexity index is 998. The fourth-order valence-corrected chi connectivity index (χ4v) is 2.73. The molecule has 0 heterocycles. The molecule has 0 N–H and O–H groups in total. The van der Waals surface area contributed by atoms with Crippen molar-refractivity contribution in [1.29, 1.82) is 0 Å². The minimum absolute atomic E-state index is 0.0653. The van der Waals surface area contributed by atoms with Gasteiger partial charge in [-0.15, -0.1) is 0 Å². The van der Waals surface area contributed by atoms with Crippen LogP contribution in [0.1, 0.15) is 25.0 Å². The standard InChI is InChI=1S/C24H25FO6/c1-14(2)23(26)30-19-7-8-20(21(25)11-19)16-9-17(12-28-5)22(18(10-16)13-29-6)31-24(27)15(3)4/h7-11H,1,3,12-13H2,2,4-6H3. The van der Waals surface area contributed by atoms with Gasteiger partial charge in [0.15, 0.2) is 0 Å². The maximum absolute atomic E-state index is 14.9. The number of carbonyl (C=O) groups excluding carboxylic acids is 2. The Labute approximate surface area is 180 Å². The highest BCUT2D eigenvalue weighted by atomic mass is 19.1. The van der Waals surface area contributed by atoms with Gasteiger partial charge in [-0.3, -0.25) is 0 Å². The van der Waals surface area contributed by atoms with Gasteiger partial charge in [-0.1, -0.05) is 13.2 Å². The summed E-state index contributed by atoms with van der Waals surface area (Å²) in [5, 5.41) is 0. The molecule has 0 aliphatic rings. The Kier molecular flexibility index (Phi) is 8.24. The first kappa shape index (κ1) is 24.0. The van der Waals surface area contributed by atoms with E-state index in [1.54, 1.807) is 19.1 Å². The first-order chi connectivity index (χ1) is 14.7. The average Bonchev–Trinajstić information content (AvgIpc) is 2.70. The van der Waals surface area contributed by atoms with Crippen LogP contribution in [0.2, 0.25) is 0 Å². The van der Waals surface area contributed by atoms with Crippen LogP contribution in [-0.4, -0.2) is 26.2 Å². The summed E-state index contributed by atoms with van der Waals surface area (Å²) in [5.74, 6) is -1.47. The SMILES string of the molecule is C=C(C)C(=O)Oc1ccc(-c2cc(COC)c(OC(=O)C(=C)C)c(COC)c2)c(F)c1. The van der Waals surface area contributed by atoms with E-state index in [4.69, 9.17) is 18.9 Å². The maximum Gasteiger partial charge on any atom is 0.338 e. The van der Waals surface area contributed by atoms with Crippen molar-refractivity contribution < 1.29 is 32.9 Å². The molecule has 0 bridgehead atoms. The zero-order valence-corrected chi connectivity index (χ0v) is 18.0. The fraction of sp³-hybridized carbons (Fsp3) is 0.250. The number of hydrogen-bond donors (Lipinski definition) is 0. The first-order valence-electron chi connectivity index (χ1n) is 9.36. The molecule has 0 atom stereocenters. The number of carbonyl (C=O) groups is 2. The Balaban J connectivity index is 2.53. The van der Waals surface area contributed by atoms with Crippen molar-refractivity contribution in [3.8, 4) is 22.6 Å². The molecule has 0 saturated heterocycles. The molecule has 2 aromatic carbocycles. The van der Waals surface area contributed by atoms with Gasteiger partial charge in [-0.05, 0) is 43.7 Å². The van der Waals surface area contributed by atoms with Crippen molar-refractivity contribution in [2.75, 3.05) is 14.2 Å². The minimum Gasteiger partial charge on any atom is -0.423 e. The van der Waals surface area contributed by atoms with Crippen LogP contribution in [0.5, 0.6) is 11.5 Å². The molecule has 2 aromatic rings. The Morgan fingerprint density at radius 3 is 1.84 bits per heavy atom. The zero-order valence-electron chi connectivity index (χ0n) is 18.0. The molecule has 0 fully saturated rings. The van der Waals surface area contributed by atoms with Crippen LogP contribution >= 0.6 is 0 Å². The number of hydrogen-bond acceptors (Lipinski definition) is 6. The van der Waals surface area contributed by atoms with Crippen LogP contribution in [0.25, 0.3) is 11.1 Å². The Morgan fingerprint density at radius 1 is 0.871 bits per heavy atom. The van der Waals surface area contributed by atoms with Crippen LogP contribution in [-0.2, 0) is 32.3 Å². The second-order valence-electron chi connectivity index (χ2n) is 6.97. The molecule has 0 saturated carbocycles. The highest BCUT2D eigenvalue weighted by molar-refractivity contribution is 5.89. The van der Waals surface area contributed by atoms with E-state index in [0.29, 0.717) is 16.7 Å². The lowest BCUT2D eigenvalue weighted by Gasteiger charge is -2.17. The molecule has 0 aliphatic carbocycles. The second kappa shape index (κ2) is 10.7. The van der Waals surface area contributed by atoms with Gasteiger partial charge in [0.05, 0.1) is 13.2 Å². The van der Waals surface area contributed by atoms with Crippen LogP contribution in [0.15, 0.2) is 54.6 Å². The molecular weight excluding hydrogens is 403 g/mol. The van der Waals surface area contributed by atoms with Crippen molar-refractivity contribution in [3.05, 3.63) is 71.6 Å². The predicted molar refractivity (Wildman–Crippen MR) is 114 cm³/mol. The van der Waals surface area contributed by atoms with E-state index in [1.807, 2.05) is 0 Å². The quantitative estimate of drug-likeness (QED) is 0.326. The van der Waals surface area contributed by atoms with Crippen LogP contribution in [0, 0.1) is 5.82 Å². The Hall–Kier alpha value is -3.29. The topological polar surface area (TPSA) is 71.1 Å². The molecule has 0 aromatic heterocycles. The summed E-state index contributed by atoms with van der Waals surface area (Å²) in [6.07, 6.45) is 0. The van der Waals surface area contributed by atoms with Crippen LogP contribution < -0.4 is 9.47 Å². The minimum atomic E-state index is -0.638. The summed E-state index contributed by atoms with van der Waals surface area (Å²) in [5.41, 5.74) is 2.31. The van der Waals surface area contributed by atoms with Crippen molar-refractivity contribution in [2.45, 2.75) is 27.1 Å². The number of benzene rings is 2. The highest BCUT2D eigenvalue weighted by Crippen LogP contribution is 2.35. The molecular formula is C24H25FO6. The monoisotopic (exact) mass is 428 g/mol. The molecule has 7 heteroatoms. The molecule has 164 valence electrons. The third-order valence-corrected chi connectivity index (χ3v) is 4.20. The molecule has 0 unspecified atom stereocenters. The van der Waals surface area contributed by atoms with Crippen LogP contribution in [0.4, 0.5) is 4.39 Å². The van der Waals surface area contributed by atoms with Gasteiger partial charge in [0.2, 0.25) is 0 Å². The first-order valence-corrected chi connectivity index (χ1v) is 9.36. The molecule has 31 heavy (non-hydrogen) atoms. The van der Waals surface area contributed by atoms with E-state index >= 15 is 0 Å². The van der Waals surface area contributed by atoms with Crippen molar-refractivity contribution >= 4 is 11.9 Å². The maximum atomic E-state index is 14.9. The molecule has 0 radical (unpaired) electrons. The summed E-state index contributed by atoms with van der Waals surface area (Å²) in [6, 6.07) is 7.44. The average molecular weight is 428 g/mol. The van der Waals surface area contributed by atoms with Crippen molar-refractivity contribution in [1.82, 2.24) is 0 Å². The lowest BCUT2D eigenvalue weighted by Crippen LogP contribution is -2.12. The Morgan fingerprint density at radius 2 is 1.39 bits per heavy atom. The van der Waals surface area contributed by atoms with E-state index in [-0.39, 0.29) is 41.4 Å². The molecule has 6 nitrogen and oxygen atoms in total. The lowest BCUT2D eigenvalue weighted by molar-refractivity contribution is -0.131. The number of methoxy groups -OCH3 is 2. The predicted octanol–water partition coefficient (Wildman–Crippen LogP) is 4.75. The van der Waals surface area contributed by atoms with Crippen molar-refractivity contribution in [2.24, 2.45) is 0 Å². The number of esters is 2. The normalized spacial score (nSPS) is 10.5. The van der Waals surface area contributed by atoms with Crippen LogP contribution in [0.3, 0.4) is 0 Å². The van der Waals surface area contributed by atoms with Gasteiger partial charge in [0.1, 0.15) is 17.3 Å². The van der Waals surface area contributed by atoms with E-state index < -0.39 is 17.8 Å². The highest BCUT2D eigenvalue weighted by Gasteiger charge is 2.19. The fourth-order valence-electron chi connectivity index (χ4n) is 2.73. The van der Waals surface area contributed by atoms with Gasteiger partial charge >= 0.3 is 11.9 Å². The molecule has 0 aliphatic heterocycles. The zero-order chi connectivity index (χ0) is 23.1. The largest absolute Gasteiger partial charge is 0.423 e. The third kappa shape index (κ3) is 6.10. The molecule has 2 rings (SSSR count). The van der Waals surface area contributed by atoms with Gasteiger partial charge in [0.25, 0.3) is 0 Å².